The van der Waals surface area contributed by atoms with Crippen LogP contribution in [0.2, 0.25) is 10.0 Å². The third-order valence-corrected chi connectivity index (χ3v) is 4.22. The van der Waals surface area contributed by atoms with Crippen LogP contribution >= 0.6 is 23.2 Å². The molecule has 1 aromatic rings. The van der Waals surface area contributed by atoms with Gasteiger partial charge in [0.05, 0.1) is 0 Å². The molecule has 0 aromatic heterocycles. The molecule has 114 valence electrons. The zero-order valence-electron chi connectivity index (χ0n) is 11.4. The van der Waals surface area contributed by atoms with Gasteiger partial charge >= 0.3 is 0 Å². The van der Waals surface area contributed by atoms with E-state index in [0.717, 1.165) is 19.3 Å². The number of nitrogens with zero attached hydrogens (tertiary/aromatic N) is 1. The van der Waals surface area contributed by atoms with Crippen LogP contribution in [0.3, 0.4) is 0 Å². The van der Waals surface area contributed by atoms with Gasteiger partial charge in [-0.2, -0.15) is 0 Å². The molecule has 1 aliphatic carbocycles. The Balaban J connectivity index is 2.26. The highest BCUT2D eigenvalue weighted by atomic mass is 35.5. The number of oxime groups is 1. The van der Waals surface area contributed by atoms with Crippen LogP contribution in [0.15, 0.2) is 23.4 Å². The molecular weight excluding hydrogens is 313 g/mol. The monoisotopic (exact) mass is 329 g/mol. The second-order valence-corrected chi connectivity index (χ2v) is 6.11. The molecule has 4 N–H and O–H groups in total. The zero-order valence-corrected chi connectivity index (χ0v) is 12.9. The zero-order chi connectivity index (χ0) is 15.5. The molecule has 1 aliphatic rings. The number of nitrogens with two attached hydrogens (primary N) is 1. The van der Waals surface area contributed by atoms with Gasteiger partial charge in [-0.25, -0.2) is 0 Å². The number of carbonyl (C=O) groups excluding carboxylic acids is 1. The Morgan fingerprint density at radius 2 is 1.76 bits per heavy atom. The molecule has 1 aromatic carbocycles. The van der Waals surface area contributed by atoms with Crippen molar-refractivity contribution in [1.29, 1.82) is 0 Å². The van der Waals surface area contributed by atoms with Crippen LogP contribution in [-0.2, 0) is 0 Å². The standard InChI is InChI=1S/C14H17Cl2N3O2/c15-10-6-9(7-11(16)8-10)12(20)18-14(13(17)19-21)4-2-1-3-5-14/h6-8,21H,1-5H2,(H2,17,19)(H,18,20). The Bertz CT molecular complexity index is 549. The van der Waals surface area contributed by atoms with Crippen molar-refractivity contribution in [3.63, 3.8) is 0 Å². The van der Waals surface area contributed by atoms with Crippen molar-refractivity contribution in [3.05, 3.63) is 33.8 Å². The maximum Gasteiger partial charge on any atom is 0.252 e. The maximum atomic E-state index is 12.4. The van der Waals surface area contributed by atoms with Gasteiger partial charge in [-0.1, -0.05) is 47.6 Å². The van der Waals surface area contributed by atoms with Crippen molar-refractivity contribution in [2.24, 2.45) is 10.9 Å². The number of nitrogens with one attached hydrogen (secondary N) is 1. The predicted octanol–water partition coefficient (Wildman–Crippen LogP) is 3.17. The molecule has 21 heavy (non-hydrogen) atoms. The predicted molar refractivity (Wildman–Crippen MR) is 83.2 cm³/mol. The summed E-state index contributed by atoms with van der Waals surface area (Å²) in [6.07, 6.45) is 4.17. The van der Waals surface area contributed by atoms with Crippen molar-refractivity contribution in [3.8, 4) is 0 Å². The molecule has 7 heteroatoms. The fourth-order valence-corrected chi connectivity index (χ4v) is 3.20. The highest BCUT2D eigenvalue weighted by Crippen LogP contribution is 2.29. The van der Waals surface area contributed by atoms with E-state index in [-0.39, 0.29) is 11.7 Å². The van der Waals surface area contributed by atoms with Crippen LogP contribution < -0.4 is 11.1 Å². The van der Waals surface area contributed by atoms with E-state index in [9.17, 15) is 4.79 Å². The van der Waals surface area contributed by atoms with Crippen molar-refractivity contribution in [1.82, 2.24) is 5.32 Å². The molecule has 0 unspecified atom stereocenters. The van der Waals surface area contributed by atoms with Gasteiger partial charge in [-0.05, 0) is 31.0 Å². The summed E-state index contributed by atoms with van der Waals surface area (Å²) in [5.41, 5.74) is 5.35. The van der Waals surface area contributed by atoms with E-state index in [1.807, 2.05) is 0 Å². The van der Waals surface area contributed by atoms with Crippen molar-refractivity contribution in [2.75, 3.05) is 0 Å². The van der Waals surface area contributed by atoms with E-state index in [1.165, 1.54) is 12.1 Å². The number of carbonyl (C=O) groups is 1. The topological polar surface area (TPSA) is 87.7 Å². The van der Waals surface area contributed by atoms with Crippen LogP contribution in [0.1, 0.15) is 42.5 Å². The van der Waals surface area contributed by atoms with Crippen molar-refractivity contribution in [2.45, 2.75) is 37.6 Å². The highest BCUT2D eigenvalue weighted by molar-refractivity contribution is 6.35. The first-order valence-corrected chi connectivity index (χ1v) is 7.49. The van der Waals surface area contributed by atoms with E-state index >= 15 is 0 Å². The second-order valence-electron chi connectivity index (χ2n) is 5.24. The summed E-state index contributed by atoms with van der Waals surface area (Å²) in [5, 5.41) is 15.7. The molecule has 0 bridgehead atoms. The number of halogens is 2. The minimum absolute atomic E-state index is 0.0312. The van der Waals surface area contributed by atoms with Gasteiger partial charge in [-0.3, -0.25) is 4.79 Å². The number of hydrogen-bond donors (Lipinski definition) is 3. The molecule has 1 saturated carbocycles. The van der Waals surface area contributed by atoms with E-state index in [1.54, 1.807) is 6.07 Å². The Labute approximate surface area is 133 Å². The molecular formula is C14H17Cl2N3O2. The number of benzene rings is 1. The van der Waals surface area contributed by atoms with E-state index in [0.29, 0.717) is 28.5 Å². The Morgan fingerprint density at radius 1 is 1.19 bits per heavy atom. The van der Waals surface area contributed by atoms with E-state index in [4.69, 9.17) is 34.1 Å². The van der Waals surface area contributed by atoms with Crippen LogP contribution in [-0.4, -0.2) is 22.5 Å². The minimum Gasteiger partial charge on any atom is -0.409 e. The van der Waals surface area contributed by atoms with Crippen LogP contribution in [0.4, 0.5) is 0 Å². The summed E-state index contributed by atoms with van der Waals surface area (Å²) in [6.45, 7) is 0. The van der Waals surface area contributed by atoms with Gasteiger partial charge in [0, 0.05) is 15.6 Å². The maximum absolute atomic E-state index is 12.4. The van der Waals surface area contributed by atoms with Gasteiger partial charge < -0.3 is 16.3 Å². The van der Waals surface area contributed by atoms with E-state index < -0.39 is 5.54 Å². The third-order valence-electron chi connectivity index (χ3n) is 3.78. The molecule has 1 fully saturated rings. The largest absolute Gasteiger partial charge is 0.409 e. The fourth-order valence-electron chi connectivity index (χ4n) is 2.67. The normalized spacial score (nSPS) is 18.3. The molecule has 0 radical (unpaired) electrons. The summed E-state index contributed by atoms with van der Waals surface area (Å²) < 4.78 is 0. The van der Waals surface area contributed by atoms with Gasteiger partial charge in [0.1, 0.15) is 5.54 Å². The summed E-state index contributed by atoms with van der Waals surface area (Å²) in [6, 6.07) is 4.62. The Kier molecular flexibility index (Phi) is 4.96. The lowest BCUT2D eigenvalue weighted by Gasteiger charge is -2.36. The molecule has 0 heterocycles. The Hall–Kier alpha value is -1.46. The molecule has 0 spiro atoms. The van der Waals surface area contributed by atoms with Crippen LogP contribution in [0.5, 0.6) is 0 Å². The van der Waals surface area contributed by atoms with Gasteiger partial charge in [0.25, 0.3) is 5.91 Å². The van der Waals surface area contributed by atoms with Gasteiger partial charge in [0.15, 0.2) is 5.84 Å². The van der Waals surface area contributed by atoms with Gasteiger partial charge in [-0.15, -0.1) is 0 Å². The molecule has 0 saturated heterocycles. The molecule has 5 nitrogen and oxygen atoms in total. The first kappa shape index (κ1) is 15.9. The molecule has 1 amide bonds. The lowest BCUT2D eigenvalue weighted by Crippen LogP contribution is -2.58. The quantitative estimate of drug-likeness (QED) is 0.344. The molecule has 2 rings (SSSR count). The van der Waals surface area contributed by atoms with Crippen LogP contribution in [0.25, 0.3) is 0 Å². The lowest BCUT2D eigenvalue weighted by atomic mass is 9.80. The average molecular weight is 330 g/mol. The number of rotatable bonds is 3. The van der Waals surface area contributed by atoms with Gasteiger partial charge in [0.2, 0.25) is 0 Å². The summed E-state index contributed by atoms with van der Waals surface area (Å²) in [7, 11) is 0. The summed E-state index contributed by atoms with van der Waals surface area (Å²) in [4.78, 5) is 12.4. The first-order chi connectivity index (χ1) is 9.97. The highest BCUT2D eigenvalue weighted by Gasteiger charge is 2.38. The summed E-state index contributed by atoms with van der Waals surface area (Å²) in [5.74, 6) is -0.309. The third kappa shape index (κ3) is 3.60. The second kappa shape index (κ2) is 6.54. The molecule has 0 aliphatic heterocycles. The van der Waals surface area contributed by atoms with E-state index in [2.05, 4.69) is 10.5 Å². The fraction of sp³-hybridized carbons (Fsp3) is 0.429. The average Bonchev–Trinajstić information content (AvgIpc) is 2.46. The number of amides is 1. The minimum atomic E-state index is -0.807. The SMILES string of the molecule is N/C(=N/O)C1(NC(=O)c2cc(Cl)cc(Cl)c2)CCCCC1. The van der Waals surface area contributed by atoms with Crippen molar-refractivity contribution < 1.29 is 10.0 Å². The summed E-state index contributed by atoms with van der Waals surface area (Å²) >= 11 is 11.8. The number of hydrogen-bond acceptors (Lipinski definition) is 3. The number of amidine groups is 1. The van der Waals surface area contributed by atoms with Crippen LogP contribution in [0, 0.1) is 0 Å². The first-order valence-electron chi connectivity index (χ1n) is 6.73. The smallest absolute Gasteiger partial charge is 0.252 e. The lowest BCUT2D eigenvalue weighted by molar-refractivity contribution is 0.0905. The van der Waals surface area contributed by atoms with Crippen molar-refractivity contribution >= 4 is 34.9 Å². The Morgan fingerprint density at radius 3 is 2.29 bits per heavy atom. The molecule has 0 atom stereocenters.